The van der Waals surface area contributed by atoms with Crippen molar-refractivity contribution in [3.8, 4) is 5.75 Å². The highest BCUT2D eigenvalue weighted by molar-refractivity contribution is 9.10. The topological polar surface area (TPSA) is 35.2 Å². The van der Waals surface area contributed by atoms with Gasteiger partial charge in [0.25, 0.3) is 0 Å². The molecule has 2 aromatic rings. The number of nitrogens with two attached hydrogens (primary N) is 1. The molecule has 112 valence electrons. The Morgan fingerprint density at radius 1 is 1.24 bits per heavy atom. The monoisotopic (exact) mass is 371 g/mol. The highest BCUT2D eigenvalue weighted by atomic mass is 79.9. The number of hydrogen-bond acceptors (Lipinski definition) is 2. The fourth-order valence-corrected chi connectivity index (χ4v) is 2.56. The van der Waals surface area contributed by atoms with E-state index in [9.17, 15) is 4.39 Å². The fraction of sp³-hybridized carbons (Fsp3) is 0.250. The molecule has 0 spiro atoms. The third kappa shape index (κ3) is 4.70. The summed E-state index contributed by atoms with van der Waals surface area (Å²) >= 11 is 9.16. The summed E-state index contributed by atoms with van der Waals surface area (Å²) in [7, 11) is 0. The summed E-state index contributed by atoms with van der Waals surface area (Å²) < 4.78 is 20.4. The van der Waals surface area contributed by atoms with Crippen LogP contribution in [0.2, 0.25) is 5.02 Å². The lowest BCUT2D eigenvalue weighted by molar-refractivity contribution is 0.296. The second-order valence-electron chi connectivity index (χ2n) is 4.96. The minimum Gasteiger partial charge on any atom is -0.489 e. The first kappa shape index (κ1) is 16.3. The highest BCUT2D eigenvalue weighted by Crippen LogP contribution is 2.26. The molecule has 5 heteroatoms. The van der Waals surface area contributed by atoms with Crippen LogP contribution in [0.4, 0.5) is 4.39 Å². The zero-order valence-electron chi connectivity index (χ0n) is 11.6. The Balaban J connectivity index is 2.15. The standard InChI is InChI=1S/C16H16BrClFNO/c1-10(20)6-12-7-13(17)3-5-16(12)21-9-11-2-4-14(18)8-15(11)19/h2-5,7-8,10H,6,9,20H2,1H3. The van der Waals surface area contributed by atoms with Crippen molar-refractivity contribution in [2.75, 3.05) is 0 Å². The first-order valence-corrected chi connectivity index (χ1v) is 7.73. The number of rotatable bonds is 5. The number of ether oxygens (including phenoxy) is 1. The summed E-state index contributed by atoms with van der Waals surface area (Å²) in [4.78, 5) is 0. The molecule has 2 nitrogen and oxygen atoms in total. The largest absolute Gasteiger partial charge is 0.489 e. The SMILES string of the molecule is CC(N)Cc1cc(Br)ccc1OCc1ccc(Cl)cc1F. The minimum atomic E-state index is -0.367. The van der Waals surface area contributed by atoms with Gasteiger partial charge in [0, 0.05) is 21.1 Å². The van der Waals surface area contributed by atoms with Crippen molar-refractivity contribution in [3.05, 3.63) is 62.8 Å². The van der Waals surface area contributed by atoms with Gasteiger partial charge in [-0.3, -0.25) is 0 Å². The molecule has 2 aromatic carbocycles. The Morgan fingerprint density at radius 2 is 2.00 bits per heavy atom. The van der Waals surface area contributed by atoms with Gasteiger partial charge in [-0.1, -0.05) is 33.6 Å². The molecule has 0 saturated carbocycles. The highest BCUT2D eigenvalue weighted by Gasteiger charge is 2.09. The normalized spacial score (nSPS) is 12.2. The Labute approximate surface area is 137 Å². The van der Waals surface area contributed by atoms with E-state index in [4.69, 9.17) is 22.1 Å². The van der Waals surface area contributed by atoms with Crippen LogP contribution < -0.4 is 10.5 Å². The van der Waals surface area contributed by atoms with Crippen molar-refractivity contribution in [2.24, 2.45) is 5.73 Å². The summed E-state index contributed by atoms with van der Waals surface area (Å²) in [5, 5.41) is 0.373. The fourth-order valence-electron chi connectivity index (χ4n) is 1.99. The lowest BCUT2D eigenvalue weighted by atomic mass is 10.1. The van der Waals surface area contributed by atoms with E-state index in [0.29, 0.717) is 22.8 Å². The Bertz CT molecular complexity index is 634. The maximum absolute atomic E-state index is 13.7. The molecular weight excluding hydrogens is 357 g/mol. The van der Waals surface area contributed by atoms with Crippen LogP contribution in [0.25, 0.3) is 0 Å². The molecule has 0 aromatic heterocycles. The van der Waals surface area contributed by atoms with E-state index in [-0.39, 0.29) is 18.5 Å². The van der Waals surface area contributed by atoms with E-state index in [2.05, 4.69) is 15.9 Å². The van der Waals surface area contributed by atoms with Gasteiger partial charge in [-0.05, 0) is 49.2 Å². The van der Waals surface area contributed by atoms with Crippen LogP contribution in [0.5, 0.6) is 5.75 Å². The number of halogens is 3. The van der Waals surface area contributed by atoms with Crippen molar-refractivity contribution in [2.45, 2.75) is 26.0 Å². The number of benzene rings is 2. The number of hydrogen-bond donors (Lipinski definition) is 1. The van der Waals surface area contributed by atoms with Gasteiger partial charge in [-0.25, -0.2) is 4.39 Å². The molecule has 0 amide bonds. The summed E-state index contributed by atoms with van der Waals surface area (Å²) in [6, 6.07) is 10.3. The summed E-state index contributed by atoms with van der Waals surface area (Å²) in [5.74, 6) is 0.346. The molecule has 0 aliphatic heterocycles. The van der Waals surface area contributed by atoms with Crippen molar-refractivity contribution in [3.63, 3.8) is 0 Å². The van der Waals surface area contributed by atoms with Gasteiger partial charge < -0.3 is 10.5 Å². The average molecular weight is 373 g/mol. The smallest absolute Gasteiger partial charge is 0.131 e. The van der Waals surface area contributed by atoms with Crippen LogP contribution in [0, 0.1) is 5.82 Å². The molecule has 21 heavy (non-hydrogen) atoms. The van der Waals surface area contributed by atoms with Crippen LogP contribution in [0.3, 0.4) is 0 Å². The van der Waals surface area contributed by atoms with Gasteiger partial charge in [-0.15, -0.1) is 0 Å². The molecule has 0 saturated heterocycles. The molecule has 1 atom stereocenters. The van der Waals surface area contributed by atoms with Gasteiger partial charge in [0.2, 0.25) is 0 Å². The van der Waals surface area contributed by atoms with Crippen LogP contribution >= 0.6 is 27.5 Å². The van der Waals surface area contributed by atoms with Gasteiger partial charge in [0.15, 0.2) is 0 Å². The zero-order valence-corrected chi connectivity index (χ0v) is 13.9. The molecule has 2 N–H and O–H groups in total. The molecule has 0 heterocycles. The van der Waals surface area contributed by atoms with E-state index in [1.807, 2.05) is 25.1 Å². The maximum atomic E-state index is 13.7. The summed E-state index contributed by atoms with van der Waals surface area (Å²) in [5.41, 5.74) is 7.31. The molecule has 0 radical (unpaired) electrons. The molecule has 1 unspecified atom stereocenters. The Morgan fingerprint density at radius 3 is 2.67 bits per heavy atom. The lowest BCUT2D eigenvalue weighted by Crippen LogP contribution is -2.18. The van der Waals surface area contributed by atoms with E-state index in [0.717, 1.165) is 10.0 Å². The molecule has 0 aliphatic rings. The van der Waals surface area contributed by atoms with E-state index in [1.165, 1.54) is 6.07 Å². The molecule has 0 bridgehead atoms. The lowest BCUT2D eigenvalue weighted by Gasteiger charge is -2.14. The summed E-state index contributed by atoms with van der Waals surface area (Å²) in [6.45, 7) is 2.08. The van der Waals surface area contributed by atoms with Crippen LogP contribution in [0.15, 0.2) is 40.9 Å². The molecular formula is C16H16BrClFNO. The summed E-state index contributed by atoms with van der Waals surface area (Å²) in [6.07, 6.45) is 0.692. The van der Waals surface area contributed by atoms with E-state index in [1.54, 1.807) is 12.1 Å². The Kier molecular flexibility index (Phi) is 5.62. The third-order valence-electron chi connectivity index (χ3n) is 2.96. The predicted octanol–water partition coefficient (Wildman–Crippen LogP) is 4.71. The molecule has 0 aliphatic carbocycles. The Hall–Kier alpha value is -1.10. The first-order chi connectivity index (χ1) is 9.95. The molecule has 2 rings (SSSR count). The van der Waals surface area contributed by atoms with Gasteiger partial charge in [-0.2, -0.15) is 0 Å². The maximum Gasteiger partial charge on any atom is 0.131 e. The van der Waals surface area contributed by atoms with Gasteiger partial charge >= 0.3 is 0 Å². The van der Waals surface area contributed by atoms with Crippen molar-refractivity contribution < 1.29 is 9.13 Å². The van der Waals surface area contributed by atoms with Crippen LogP contribution in [0.1, 0.15) is 18.1 Å². The van der Waals surface area contributed by atoms with Crippen LogP contribution in [-0.2, 0) is 13.0 Å². The second-order valence-corrected chi connectivity index (χ2v) is 6.31. The van der Waals surface area contributed by atoms with Gasteiger partial charge in [0.1, 0.15) is 18.2 Å². The van der Waals surface area contributed by atoms with Crippen molar-refractivity contribution >= 4 is 27.5 Å². The van der Waals surface area contributed by atoms with E-state index >= 15 is 0 Å². The van der Waals surface area contributed by atoms with E-state index < -0.39 is 0 Å². The van der Waals surface area contributed by atoms with Crippen molar-refractivity contribution in [1.29, 1.82) is 0 Å². The minimum absolute atomic E-state index is 0.0221. The van der Waals surface area contributed by atoms with Crippen LogP contribution in [-0.4, -0.2) is 6.04 Å². The van der Waals surface area contributed by atoms with Crippen molar-refractivity contribution in [1.82, 2.24) is 0 Å². The quantitative estimate of drug-likeness (QED) is 0.825. The average Bonchev–Trinajstić information content (AvgIpc) is 2.39. The van der Waals surface area contributed by atoms with Gasteiger partial charge in [0.05, 0.1) is 0 Å². The molecule has 0 fully saturated rings. The second kappa shape index (κ2) is 7.25. The zero-order chi connectivity index (χ0) is 15.4. The predicted molar refractivity (Wildman–Crippen MR) is 87.2 cm³/mol. The first-order valence-electron chi connectivity index (χ1n) is 6.56. The third-order valence-corrected chi connectivity index (χ3v) is 3.69.